The molecule has 7 heteroatoms. The van der Waals surface area contributed by atoms with E-state index in [0.717, 1.165) is 48.6 Å². The summed E-state index contributed by atoms with van der Waals surface area (Å²) in [5.41, 5.74) is 2.59. The van der Waals surface area contributed by atoms with Gasteiger partial charge in [0.2, 0.25) is 0 Å². The highest BCUT2D eigenvalue weighted by Crippen LogP contribution is 2.40. The molecule has 0 amide bonds. The first-order valence-corrected chi connectivity index (χ1v) is 16.4. The molecule has 4 aromatic carbocycles. The SMILES string of the molecule is C=CCCc1c(F)cc(-c2ccc(-c3ccc(C4CCC(OC(F)(F)c5ccc(CCCCC)cc5F)CC4)cc3)cc2F)cc1F. The predicted molar refractivity (Wildman–Crippen MR) is 175 cm³/mol. The largest absolute Gasteiger partial charge is 0.386 e. The summed E-state index contributed by atoms with van der Waals surface area (Å²) in [7, 11) is 0. The van der Waals surface area contributed by atoms with Gasteiger partial charge in [-0.25, -0.2) is 17.6 Å². The van der Waals surface area contributed by atoms with Crippen LogP contribution in [0.5, 0.6) is 0 Å². The fourth-order valence-electron chi connectivity index (χ4n) is 6.44. The van der Waals surface area contributed by atoms with Gasteiger partial charge in [0.15, 0.2) is 0 Å². The molecule has 0 radical (unpaired) electrons. The van der Waals surface area contributed by atoms with Crippen molar-refractivity contribution in [1.82, 2.24) is 0 Å². The van der Waals surface area contributed by atoms with Crippen LogP contribution in [0.2, 0.25) is 0 Å². The van der Waals surface area contributed by atoms with Gasteiger partial charge in [0.05, 0.1) is 11.7 Å². The first-order chi connectivity index (χ1) is 22.6. The van der Waals surface area contributed by atoms with E-state index < -0.39 is 41.0 Å². The maximum absolute atomic E-state index is 15.2. The molecule has 1 nitrogen and oxygen atoms in total. The molecule has 0 aromatic heterocycles. The number of allylic oxidation sites excluding steroid dienone is 1. The van der Waals surface area contributed by atoms with Crippen molar-refractivity contribution in [2.75, 3.05) is 0 Å². The molecule has 5 rings (SSSR count). The lowest BCUT2D eigenvalue weighted by Crippen LogP contribution is -2.30. The van der Waals surface area contributed by atoms with Gasteiger partial charge in [0.1, 0.15) is 23.3 Å². The van der Waals surface area contributed by atoms with Crippen molar-refractivity contribution in [3.05, 3.63) is 131 Å². The van der Waals surface area contributed by atoms with E-state index in [1.54, 1.807) is 18.2 Å². The molecule has 0 unspecified atom stereocenters. The lowest BCUT2D eigenvalue weighted by Gasteiger charge is -2.31. The van der Waals surface area contributed by atoms with Gasteiger partial charge in [-0.1, -0.05) is 68.3 Å². The second-order valence-corrected chi connectivity index (χ2v) is 12.4. The van der Waals surface area contributed by atoms with Crippen LogP contribution in [0.3, 0.4) is 0 Å². The number of benzene rings is 4. The fourth-order valence-corrected chi connectivity index (χ4v) is 6.44. The first kappa shape index (κ1) is 34.5. The number of rotatable bonds is 13. The van der Waals surface area contributed by atoms with Crippen molar-refractivity contribution < 1.29 is 31.1 Å². The number of hydrogen-bond acceptors (Lipinski definition) is 1. The van der Waals surface area contributed by atoms with Crippen molar-refractivity contribution >= 4 is 0 Å². The molecule has 4 aromatic rings. The Morgan fingerprint density at radius 2 is 1.38 bits per heavy atom. The highest BCUT2D eigenvalue weighted by molar-refractivity contribution is 5.71. The highest BCUT2D eigenvalue weighted by Gasteiger charge is 2.40. The average Bonchev–Trinajstić information content (AvgIpc) is 3.04. The van der Waals surface area contributed by atoms with E-state index in [2.05, 4.69) is 13.5 Å². The molecular formula is C40H40F6O. The van der Waals surface area contributed by atoms with E-state index in [9.17, 15) is 22.0 Å². The summed E-state index contributed by atoms with van der Waals surface area (Å²) in [5, 5.41) is 0. The normalized spacial score (nSPS) is 16.7. The van der Waals surface area contributed by atoms with Gasteiger partial charge in [-0.05, 0) is 115 Å². The summed E-state index contributed by atoms with van der Waals surface area (Å²) in [6.45, 7) is 5.64. The predicted octanol–water partition coefficient (Wildman–Crippen LogP) is 12.2. The molecule has 0 aliphatic heterocycles. The van der Waals surface area contributed by atoms with Crippen LogP contribution in [-0.2, 0) is 23.7 Å². The van der Waals surface area contributed by atoms with Crippen LogP contribution in [0.4, 0.5) is 26.3 Å². The zero-order valence-corrected chi connectivity index (χ0v) is 26.6. The van der Waals surface area contributed by atoms with Gasteiger partial charge in [0, 0.05) is 11.1 Å². The monoisotopic (exact) mass is 650 g/mol. The van der Waals surface area contributed by atoms with Crippen molar-refractivity contribution in [1.29, 1.82) is 0 Å². The Kier molecular flexibility index (Phi) is 11.3. The standard InChI is InChI=1S/C40H40F6O/c1-3-5-7-8-26-10-21-35(39(44)22-26)40(45,46)47-32-18-15-28(16-19-32)27-11-13-29(14-12-27)30-17-20-33(36(41)23-30)31-24-37(42)34(9-6-4-2)38(43)25-31/h4,10-14,17,20-25,28,32H,2-3,5-9,15-16,18-19H2,1H3. The van der Waals surface area contributed by atoms with Gasteiger partial charge in [-0.3, -0.25) is 0 Å². The molecule has 0 atom stereocenters. The maximum atomic E-state index is 15.2. The van der Waals surface area contributed by atoms with E-state index >= 15 is 4.39 Å². The van der Waals surface area contributed by atoms with Crippen LogP contribution in [0, 0.1) is 23.3 Å². The molecule has 0 bridgehead atoms. The Bertz CT molecular complexity index is 1650. The second kappa shape index (κ2) is 15.4. The van der Waals surface area contributed by atoms with Gasteiger partial charge in [-0.2, -0.15) is 8.78 Å². The van der Waals surface area contributed by atoms with E-state index in [-0.39, 0.29) is 29.0 Å². The number of alkyl halides is 2. The Balaban J connectivity index is 1.19. The van der Waals surface area contributed by atoms with Crippen LogP contribution in [0.25, 0.3) is 22.3 Å². The van der Waals surface area contributed by atoms with Crippen molar-refractivity contribution in [2.45, 2.75) is 89.3 Å². The number of hydrogen-bond donors (Lipinski definition) is 0. The third kappa shape index (κ3) is 8.36. The van der Waals surface area contributed by atoms with E-state index in [0.29, 0.717) is 49.7 Å². The molecular weight excluding hydrogens is 610 g/mol. The molecule has 248 valence electrons. The van der Waals surface area contributed by atoms with Crippen LogP contribution < -0.4 is 0 Å². The summed E-state index contributed by atoms with van der Waals surface area (Å²) in [5.74, 6) is -2.82. The fraction of sp³-hybridized carbons (Fsp3) is 0.350. The lowest BCUT2D eigenvalue weighted by atomic mass is 9.82. The maximum Gasteiger partial charge on any atom is 0.386 e. The minimum Gasteiger partial charge on any atom is -0.313 e. The van der Waals surface area contributed by atoms with Gasteiger partial charge >= 0.3 is 6.11 Å². The highest BCUT2D eigenvalue weighted by atomic mass is 19.3. The molecule has 1 fully saturated rings. The first-order valence-electron chi connectivity index (χ1n) is 16.4. The van der Waals surface area contributed by atoms with E-state index in [4.69, 9.17) is 4.74 Å². The van der Waals surface area contributed by atoms with E-state index in [1.807, 2.05) is 24.3 Å². The third-order valence-electron chi connectivity index (χ3n) is 9.14. The Morgan fingerprint density at radius 1 is 0.723 bits per heavy atom. The summed E-state index contributed by atoms with van der Waals surface area (Å²) >= 11 is 0. The van der Waals surface area contributed by atoms with Crippen molar-refractivity contribution in [3.63, 3.8) is 0 Å². The zero-order valence-electron chi connectivity index (χ0n) is 26.6. The summed E-state index contributed by atoms with van der Waals surface area (Å²) in [4.78, 5) is 0. The molecule has 0 N–H and O–H groups in total. The molecule has 1 saturated carbocycles. The number of unbranched alkanes of at least 4 members (excludes halogenated alkanes) is 2. The molecule has 0 saturated heterocycles. The minimum atomic E-state index is -3.72. The summed E-state index contributed by atoms with van der Waals surface area (Å²) in [6, 6.07) is 18.4. The number of halogens is 6. The molecule has 1 aliphatic rings. The Labute approximate surface area is 273 Å². The molecule has 1 aliphatic carbocycles. The van der Waals surface area contributed by atoms with Crippen molar-refractivity contribution in [3.8, 4) is 22.3 Å². The topological polar surface area (TPSA) is 9.23 Å². The average molecular weight is 651 g/mol. The third-order valence-corrected chi connectivity index (χ3v) is 9.14. The van der Waals surface area contributed by atoms with Crippen molar-refractivity contribution in [2.24, 2.45) is 0 Å². The quantitative estimate of drug-likeness (QED) is 0.0795. The van der Waals surface area contributed by atoms with Crippen LogP contribution in [-0.4, -0.2) is 6.10 Å². The zero-order chi connectivity index (χ0) is 33.6. The van der Waals surface area contributed by atoms with E-state index in [1.165, 1.54) is 18.2 Å². The molecule has 47 heavy (non-hydrogen) atoms. The second-order valence-electron chi connectivity index (χ2n) is 12.4. The van der Waals surface area contributed by atoms with Crippen LogP contribution in [0.1, 0.15) is 86.5 Å². The van der Waals surface area contributed by atoms with Crippen LogP contribution in [0.15, 0.2) is 85.5 Å². The van der Waals surface area contributed by atoms with Gasteiger partial charge < -0.3 is 4.74 Å². The Hall–Kier alpha value is -3.84. The molecule has 0 spiro atoms. The van der Waals surface area contributed by atoms with Gasteiger partial charge in [0.25, 0.3) is 0 Å². The molecule has 0 heterocycles. The number of aryl methyl sites for hydroxylation is 1. The Morgan fingerprint density at radius 3 is 2.00 bits per heavy atom. The summed E-state index contributed by atoms with van der Waals surface area (Å²) in [6.07, 6.45) is 3.49. The summed E-state index contributed by atoms with van der Waals surface area (Å²) < 4.78 is 94.1. The number of ether oxygens (including phenoxy) is 1. The minimum absolute atomic E-state index is 0.0428. The van der Waals surface area contributed by atoms with Crippen LogP contribution >= 0.6 is 0 Å². The van der Waals surface area contributed by atoms with Gasteiger partial charge in [-0.15, -0.1) is 6.58 Å². The lowest BCUT2D eigenvalue weighted by molar-refractivity contribution is -0.278. The smallest absolute Gasteiger partial charge is 0.313 e.